The van der Waals surface area contributed by atoms with E-state index in [1.807, 2.05) is 0 Å². The maximum Gasteiger partial charge on any atom is 0.230 e. The predicted octanol–water partition coefficient (Wildman–Crippen LogP) is 3.32. The molecule has 0 aliphatic rings. The van der Waals surface area contributed by atoms with Crippen LogP contribution in [0, 0.1) is 0 Å². The van der Waals surface area contributed by atoms with Gasteiger partial charge in [0.2, 0.25) is 5.78 Å². The molecule has 0 fully saturated rings. The standard InChI is InChI=1S/C10H5BrClNO2/c11-7-3-4-15-10(7)9(14)6-1-2-8(12)13-5-6/h1-5H. The zero-order chi connectivity index (χ0) is 10.8. The van der Waals surface area contributed by atoms with Crippen molar-refractivity contribution in [2.24, 2.45) is 0 Å². The van der Waals surface area contributed by atoms with Crippen LogP contribution in [0.4, 0.5) is 0 Å². The molecule has 0 unspecified atom stereocenters. The van der Waals surface area contributed by atoms with Gasteiger partial charge in [0.1, 0.15) is 5.15 Å². The van der Waals surface area contributed by atoms with Gasteiger partial charge in [-0.05, 0) is 34.1 Å². The number of rotatable bonds is 2. The molecule has 0 bridgehead atoms. The highest BCUT2D eigenvalue weighted by molar-refractivity contribution is 9.10. The van der Waals surface area contributed by atoms with Crippen LogP contribution in [0.5, 0.6) is 0 Å². The molecule has 2 heterocycles. The van der Waals surface area contributed by atoms with Gasteiger partial charge in [0.05, 0.1) is 10.7 Å². The first-order valence-electron chi connectivity index (χ1n) is 4.08. The van der Waals surface area contributed by atoms with E-state index in [-0.39, 0.29) is 11.5 Å². The molecule has 0 aliphatic carbocycles. The highest BCUT2D eigenvalue weighted by atomic mass is 79.9. The Kier molecular flexibility index (Phi) is 2.88. The van der Waals surface area contributed by atoms with Crippen molar-refractivity contribution in [3.05, 3.63) is 51.6 Å². The Morgan fingerprint density at radius 1 is 1.40 bits per heavy atom. The Hall–Kier alpha value is -1.13. The molecular weight excluding hydrogens is 281 g/mol. The van der Waals surface area contributed by atoms with Gasteiger partial charge in [-0.15, -0.1) is 0 Å². The third kappa shape index (κ3) is 2.11. The summed E-state index contributed by atoms with van der Waals surface area (Å²) < 4.78 is 5.68. The number of furan rings is 1. The zero-order valence-electron chi connectivity index (χ0n) is 7.41. The number of carbonyl (C=O) groups excluding carboxylic acids is 1. The molecule has 15 heavy (non-hydrogen) atoms. The quantitative estimate of drug-likeness (QED) is 0.628. The Bertz CT molecular complexity index is 492. The normalized spacial score (nSPS) is 10.3. The summed E-state index contributed by atoms with van der Waals surface area (Å²) in [5.41, 5.74) is 0.440. The minimum atomic E-state index is -0.226. The Balaban J connectivity index is 2.37. The SMILES string of the molecule is O=C(c1ccc(Cl)nc1)c1occc1Br. The number of hydrogen-bond acceptors (Lipinski definition) is 3. The second kappa shape index (κ2) is 4.16. The number of aromatic nitrogens is 1. The Morgan fingerprint density at radius 3 is 2.73 bits per heavy atom. The number of carbonyl (C=O) groups is 1. The van der Waals surface area contributed by atoms with Crippen molar-refractivity contribution in [2.75, 3.05) is 0 Å². The number of ketones is 1. The fraction of sp³-hybridized carbons (Fsp3) is 0. The fourth-order valence-corrected chi connectivity index (χ4v) is 1.59. The van der Waals surface area contributed by atoms with E-state index in [9.17, 15) is 4.79 Å². The van der Waals surface area contributed by atoms with Gasteiger partial charge in [-0.3, -0.25) is 4.79 Å². The molecule has 2 aromatic heterocycles. The van der Waals surface area contributed by atoms with Crippen LogP contribution in [-0.4, -0.2) is 10.8 Å². The van der Waals surface area contributed by atoms with Crippen molar-refractivity contribution in [1.29, 1.82) is 0 Å². The maximum absolute atomic E-state index is 11.8. The van der Waals surface area contributed by atoms with Crippen LogP contribution < -0.4 is 0 Å². The lowest BCUT2D eigenvalue weighted by molar-refractivity contribution is 0.101. The van der Waals surface area contributed by atoms with Gasteiger partial charge in [0.15, 0.2) is 5.76 Å². The molecule has 0 radical (unpaired) electrons. The summed E-state index contributed by atoms with van der Waals surface area (Å²) in [5.74, 6) is 0.0372. The molecule has 0 spiro atoms. The van der Waals surface area contributed by atoms with Crippen molar-refractivity contribution in [2.45, 2.75) is 0 Å². The van der Waals surface area contributed by atoms with Crippen LogP contribution in [0.3, 0.4) is 0 Å². The predicted molar refractivity (Wildman–Crippen MR) is 59.1 cm³/mol. The first-order chi connectivity index (χ1) is 7.18. The largest absolute Gasteiger partial charge is 0.460 e. The van der Waals surface area contributed by atoms with Gasteiger partial charge >= 0.3 is 0 Å². The second-order valence-corrected chi connectivity index (χ2v) is 4.04. The topological polar surface area (TPSA) is 43.1 Å². The summed E-state index contributed by atoms with van der Waals surface area (Å²) in [7, 11) is 0. The fourth-order valence-electron chi connectivity index (χ4n) is 1.10. The molecule has 0 amide bonds. The van der Waals surface area contributed by atoms with Crippen molar-refractivity contribution >= 4 is 33.3 Å². The van der Waals surface area contributed by atoms with Crippen molar-refractivity contribution in [3.8, 4) is 0 Å². The van der Waals surface area contributed by atoms with Gasteiger partial charge in [0, 0.05) is 11.8 Å². The smallest absolute Gasteiger partial charge is 0.230 e. The van der Waals surface area contributed by atoms with E-state index in [1.165, 1.54) is 12.5 Å². The molecule has 2 rings (SSSR count). The summed E-state index contributed by atoms with van der Waals surface area (Å²) in [6, 6.07) is 4.83. The highest BCUT2D eigenvalue weighted by Gasteiger charge is 2.15. The average Bonchev–Trinajstić information content (AvgIpc) is 2.65. The number of pyridine rings is 1. The molecule has 2 aromatic rings. The van der Waals surface area contributed by atoms with E-state index in [2.05, 4.69) is 20.9 Å². The van der Waals surface area contributed by atoms with Crippen molar-refractivity contribution in [3.63, 3.8) is 0 Å². The number of hydrogen-bond donors (Lipinski definition) is 0. The maximum atomic E-state index is 11.8. The number of nitrogens with zero attached hydrogens (tertiary/aromatic N) is 1. The van der Waals surface area contributed by atoms with E-state index in [1.54, 1.807) is 18.2 Å². The second-order valence-electron chi connectivity index (χ2n) is 2.80. The molecule has 0 saturated carbocycles. The number of halogens is 2. The summed E-state index contributed by atoms with van der Waals surface area (Å²) in [6.07, 6.45) is 2.86. The van der Waals surface area contributed by atoms with E-state index in [4.69, 9.17) is 16.0 Å². The van der Waals surface area contributed by atoms with E-state index in [0.717, 1.165) is 0 Å². The first kappa shape index (κ1) is 10.4. The highest BCUT2D eigenvalue weighted by Crippen LogP contribution is 2.21. The van der Waals surface area contributed by atoms with E-state index >= 15 is 0 Å². The molecule has 0 aromatic carbocycles. The lowest BCUT2D eigenvalue weighted by Gasteiger charge is -1.97. The van der Waals surface area contributed by atoms with Crippen LogP contribution in [0.1, 0.15) is 16.1 Å². The third-order valence-electron chi connectivity index (χ3n) is 1.81. The molecule has 0 N–H and O–H groups in total. The van der Waals surface area contributed by atoms with E-state index in [0.29, 0.717) is 15.2 Å². The summed E-state index contributed by atoms with van der Waals surface area (Å²) in [5, 5.41) is 0.352. The molecule has 0 aliphatic heterocycles. The zero-order valence-corrected chi connectivity index (χ0v) is 9.75. The summed E-state index contributed by atoms with van der Waals surface area (Å²) >= 11 is 8.83. The van der Waals surface area contributed by atoms with Crippen molar-refractivity contribution in [1.82, 2.24) is 4.98 Å². The first-order valence-corrected chi connectivity index (χ1v) is 5.25. The Labute approximate surface area is 99.2 Å². The van der Waals surface area contributed by atoms with Crippen LogP contribution in [-0.2, 0) is 0 Å². The lowest BCUT2D eigenvalue weighted by Crippen LogP contribution is -2.00. The third-order valence-corrected chi connectivity index (χ3v) is 2.66. The summed E-state index contributed by atoms with van der Waals surface area (Å²) in [6.45, 7) is 0. The molecule has 76 valence electrons. The van der Waals surface area contributed by atoms with Gasteiger partial charge < -0.3 is 4.42 Å². The average molecular weight is 287 g/mol. The van der Waals surface area contributed by atoms with E-state index < -0.39 is 0 Å². The van der Waals surface area contributed by atoms with Crippen LogP contribution in [0.2, 0.25) is 5.15 Å². The molecular formula is C10H5BrClNO2. The Morgan fingerprint density at radius 2 is 2.20 bits per heavy atom. The van der Waals surface area contributed by atoms with Gasteiger partial charge in [-0.1, -0.05) is 11.6 Å². The minimum Gasteiger partial charge on any atom is -0.460 e. The lowest BCUT2D eigenvalue weighted by atomic mass is 10.1. The molecule has 3 nitrogen and oxygen atoms in total. The van der Waals surface area contributed by atoms with Gasteiger partial charge in [-0.2, -0.15) is 0 Å². The molecule has 0 atom stereocenters. The monoisotopic (exact) mass is 285 g/mol. The molecule has 5 heteroatoms. The van der Waals surface area contributed by atoms with Crippen LogP contribution in [0.15, 0.2) is 39.5 Å². The van der Waals surface area contributed by atoms with Crippen LogP contribution in [0.25, 0.3) is 0 Å². The summed E-state index contributed by atoms with van der Waals surface area (Å²) in [4.78, 5) is 15.7. The van der Waals surface area contributed by atoms with Gasteiger partial charge in [0.25, 0.3) is 0 Å². The van der Waals surface area contributed by atoms with Crippen LogP contribution >= 0.6 is 27.5 Å². The molecule has 0 saturated heterocycles. The van der Waals surface area contributed by atoms with Crippen molar-refractivity contribution < 1.29 is 9.21 Å². The van der Waals surface area contributed by atoms with Gasteiger partial charge in [-0.25, -0.2) is 4.98 Å². The minimum absolute atomic E-state index is 0.226.